The molecule has 2 aromatic rings. The number of aliphatic imine (C=N–C) groups is 1. The molecular formula is C22H33N5S. The number of aryl methyl sites for hydroxylation is 1. The minimum absolute atomic E-state index is 0.520. The van der Waals surface area contributed by atoms with Gasteiger partial charge in [0.2, 0.25) is 0 Å². The Morgan fingerprint density at radius 2 is 2.00 bits per heavy atom. The summed E-state index contributed by atoms with van der Waals surface area (Å²) in [4.78, 5) is 11.7. The molecule has 1 aliphatic rings. The van der Waals surface area contributed by atoms with Gasteiger partial charge in [-0.05, 0) is 32.7 Å². The lowest BCUT2D eigenvalue weighted by Gasteiger charge is -2.32. The number of rotatable bonds is 7. The third-order valence-corrected chi connectivity index (χ3v) is 6.16. The Morgan fingerprint density at radius 1 is 1.25 bits per heavy atom. The Hall–Kier alpha value is -1.92. The summed E-state index contributed by atoms with van der Waals surface area (Å²) >= 11 is 1.72. The average Bonchev–Trinajstić information content (AvgIpc) is 3.18. The van der Waals surface area contributed by atoms with Gasteiger partial charge in [0, 0.05) is 50.1 Å². The predicted molar refractivity (Wildman–Crippen MR) is 120 cm³/mol. The minimum Gasteiger partial charge on any atom is -0.356 e. The van der Waals surface area contributed by atoms with Crippen molar-refractivity contribution in [2.24, 2.45) is 4.99 Å². The maximum absolute atomic E-state index is 4.79. The maximum Gasteiger partial charge on any atom is 0.191 e. The molecule has 28 heavy (non-hydrogen) atoms. The van der Waals surface area contributed by atoms with E-state index < -0.39 is 0 Å². The first-order valence-corrected chi connectivity index (χ1v) is 11.3. The molecule has 0 bridgehead atoms. The first-order chi connectivity index (χ1) is 13.7. The number of benzene rings is 1. The Balaban J connectivity index is 1.42. The van der Waals surface area contributed by atoms with E-state index in [1.54, 1.807) is 11.3 Å². The fraction of sp³-hybridized carbons (Fsp3) is 0.545. The van der Waals surface area contributed by atoms with E-state index >= 15 is 0 Å². The van der Waals surface area contributed by atoms with Crippen LogP contribution in [0.5, 0.6) is 0 Å². The molecule has 0 unspecified atom stereocenters. The topological polar surface area (TPSA) is 52.5 Å². The molecular weight excluding hydrogens is 366 g/mol. The van der Waals surface area contributed by atoms with Gasteiger partial charge in [-0.15, -0.1) is 11.3 Å². The predicted octanol–water partition coefficient (Wildman–Crippen LogP) is 3.70. The van der Waals surface area contributed by atoms with Gasteiger partial charge in [-0.1, -0.05) is 36.8 Å². The minimum atomic E-state index is 0.520. The standard InChI is InChI=1S/C22H33N5S/c1-4-13-27-14-10-19(11-15-27)26-22(23-3)24-12-9-20-16-28-21(25-20)18-7-5-17(2)6-8-18/h5-8,16,19H,4,9-15H2,1-3H3,(H2,23,24,26). The summed E-state index contributed by atoms with van der Waals surface area (Å²) in [6.07, 6.45) is 4.51. The lowest BCUT2D eigenvalue weighted by atomic mass is 10.1. The lowest BCUT2D eigenvalue weighted by Crippen LogP contribution is -2.49. The van der Waals surface area contributed by atoms with Crippen molar-refractivity contribution >= 4 is 17.3 Å². The molecule has 0 spiro atoms. The van der Waals surface area contributed by atoms with Crippen LogP contribution in [0.2, 0.25) is 0 Å². The Bertz CT molecular complexity index is 745. The third-order valence-electron chi connectivity index (χ3n) is 5.22. The van der Waals surface area contributed by atoms with Crippen LogP contribution in [-0.4, -0.2) is 55.1 Å². The molecule has 3 rings (SSSR count). The number of piperidine rings is 1. The molecule has 2 heterocycles. The normalized spacial score (nSPS) is 16.3. The third kappa shape index (κ3) is 6.04. The molecule has 6 heteroatoms. The van der Waals surface area contributed by atoms with Crippen molar-refractivity contribution in [3.8, 4) is 10.6 Å². The smallest absolute Gasteiger partial charge is 0.191 e. The molecule has 0 saturated carbocycles. The van der Waals surface area contributed by atoms with Crippen LogP contribution in [0.25, 0.3) is 10.6 Å². The van der Waals surface area contributed by atoms with Crippen LogP contribution >= 0.6 is 11.3 Å². The van der Waals surface area contributed by atoms with Gasteiger partial charge in [0.1, 0.15) is 5.01 Å². The van der Waals surface area contributed by atoms with Crippen LogP contribution in [0.1, 0.15) is 37.4 Å². The van der Waals surface area contributed by atoms with Crippen molar-refractivity contribution in [1.29, 1.82) is 0 Å². The van der Waals surface area contributed by atoms with Gasteiger partial charge in [-0.25, -0.2) is 4.98 Å². The first kappa shape index (κ1) is 20.8. The quantitative estimate of drug-likeness (QED) is 0.551. The van der Waals surface area contributed by atoms with E-state index in [9.17, 15) is 0 Å². The van der Waals surface area contributed by atoms with E-state index in [-0.39, 0.29) is 0 Å². The number of likely N-dealkylation sites (tertiary alicyclic amines) is 1. The molecule has 152 valence electrons. The molecule has 1 aliphatic heterocycles. The van der Waals surface area contributed by atoms with Crippen LogP contribution in [0.15, 0.2) is 34.6 Å². The van der Waals surface area contributed by atoms with Gasteiger partial charge < -0.3 is 15.5 Å². The van der Waals surface area contributed by atoms with Crippen molar-refractivity contribution in [2.75, 3.05) is 33.2 Å². The number of thiazole rings is 1. The van der Waals surface area contributed by atoms with Gasteiger partial charge >= 0.3 is 0 Å². The highest BCUT2D eigenvalue weighted by molar-refractivity contribution is 7.13. The fourth-order valence-corrected chi connectivity index (χ4v) is 4.42. The zero-order chi connectivity index (χ0) is 19.8. The molecule has 1 aromatic heterocycles. The Morgan fingerprint density at radius 3 is 2.68 bits per heavy atom. The van der Waals surface area contributed by atoms with Crippen molar-refractivity contribution in [1.82, 2.24) is 20.5 Å². The summed E-state index contributed by atoms with van der Waals surface area (Å²) in [6.45, 7) is 8.79. The van der Waals surface area contributed by atoms with E-state index in [0.717, 1.165) is 29.6 Å². The average molecular weight is 400 g/mol. The maximum atomic E-state index is 4.79. The van der Waals surface area contributed by atoms with E-state index in [1.165, 1.54) is 50.0 Å². The molecule has 1 saturated heterocycles. The van der Waals surface area contributed by atoms with Crippen LogP contribution < -0.4 is 10.6 Å². The summed E-state index contributed by atoms with van der Waals surface area (Å²) < 4.78 is 0. The molecule has 5 nitrogen and oxygen atoms in total. The van der Waals surface area contributed by atoms with Crippen molar-refractivity contribution < 1.29 is 0 Å². The van der Waals surface area contributed by atoms with E-state index in [4.69, 9.17) is 4.98 Å². The van der Waals surface area contributed by atoms with Crippen molar-refractivity contribution in [3.63, 3.8) is 0 Å². The Labute approximate surface area is 173 Å². The summed E-state index contributed by atoms with van der Waals surface area (Å²) in [6, 6.07) is 9.09. The van der Waals surface area contributed by atoms with Gasteiger partial charge in [-0.3, -0.25) is 4.99 Å². The van der Waals surface area contributed by atoms with Gasteiger partial charge in [0.25, 0.3) is 0 Å². The van der Waals surface area contributed by atoms with Crippen molar-refractivity contribution in [2.45, 2.75) is 45.6 Å². The van der Waals surface area contributed by atoms with Crippen LogP contribution in [0.3, 0.4) is 0 Å². The van der Waals surface area contributed by atoms with E-state index in [0.29, 0.717) is 6.04 Å². The largest absolute Gasteiger partial charge is 0.356 e. The highest BCUT2D eigenvalue weighted by atomic mass is 32.1. The summed E-state index contributed by atoms with van der Waals surface area (Å²) in [5.74, 6) is 0.905. The van der Waals surface area contributed by atoms with E-state index in [2.05, 4.69) is 64.0 Å². The summed E-state index contributed by atoms with van der Waals surface area (Å²) in [5.41, 5.74) is 3.61. The zero-order valence-corrected chi connectivity index (χ0v) is 18.2. The molecule has 2 N–H and O–H groups in total. The lowest BCUT2D eigenvalue weighted by molar-refractivity contribution is 0.206. The summed E-state index contributed by atoms with van der Waals surface area (Å²) in [7, 11) is 1.85. The SMILES string of the molecule is CCCN1CCC(NC(=NC)NCCc2csc(-c3ccc(C)cc3)n2)CC1. The molecule has 0 radical (unpaired) electrons. The molecule has 1 aromatic carbocycles. The fourth-order valence-electron chi connectivity index (χ4n) is 3.56. The van der Waals surface area contributed by atoms with Gasteiger partial charge in [0.15, 0.2) is 5.96 Å². The summed E-state index contributed by atoms with van der Waals surface area (Å²) in [5, 5.41) is 10.3. The number of aromatic nitrogens is 1. The van der Waals surface area contributed by atoms with E-state index in [1.807, 2.05) is 7.05 Å². The van der Waals surface area contributed by atoms with Crippen LogP contribution in [0, 0.1) is 6.92 Å². The number of hydrogen-bond acceptors (Lipinski definition) is 4. The second-order valence-electron chi connectivity index (χ2n) is 7.52. The number of guanidine groups is 1. The number of hydrogen-bond donors (Lipinski definition) is 2. The Kier molecular flexibility index (Phi) is 7.86. The second-order valence-corrected chi connectivity index (χ2v) is 8.38. The van der Waals surface area contributed by atoms with Gasteiger partial charge in [0.05, 0.1) is 5.69 Å². The molecule has 1 fully saturated rings. The van der Waals surface area contributed by atoms with Crippen LogP contribution in [-0.2, 0) is 6.42 Å². The van der Waals surface area contributed by atoms with Gasteiger partial charge in [-0.2, -0.15) is 0 Å². The van der Waals surface area contributed by atoms with Crippen molar-refractivity contribution in [3.05, 3.63) is 40.9 Å². The number of nitrogens with one attached hydrogen (secondary N) is 2. The molecule has 0 amide bonds. The first-order valence-electron chi connectivity index (χ1n) is 10.4. The number of nitrogens with zero attached hydrogens (tertiary/aromatic N) is 3. The zero-order valence-electron chi connectivity index (χ0n) is 17.4. The highest BCUT2D eigenvalue weighted by Crippen LogP contribution is 2.24. The monoisotopic (exact) mass is 399 g/mol. The second kappa shape index (κ2) is 10.6. The molecule has 0 atom stereocenters. The van der Waals surface area contributed by atoms with Crippen LogP contribution in [0.4, 0.5) is 0 Å². The molecule has 0 aliphatic carbocycles. The highest BCUT2D eigenvalue weighted by Gasteiger charge is 2.19.